The third-order valence-corrected chi connectivity index (χ3v) is 4.32. The molecule has 1 amide bonds. The zero-order chi connectivity index (χ0) is 13.9. The van der Waals surface area contributed by atoms with E-state index in [1.807, 2.05) is 18.5 Å². The maximum atomic E-state index is 11.1. The standard InChI is InChI=1S/C12H21BrN4O/c1-8-10(13)9(2)17(16-8)7-5-4-6-12(3,15)11(14)18/h4-7,15H2,1-3H3,(H2,14,18). The van der Waals surface area contributed by atoms with Crippen molar-refractivity contribution in [2.24, 2.45) is 11.5 Å². The summed E-state index contributed by atoms with van der Waals surface area (Å²) in [5.74, 6) is -0.448. The summed E-state index contributed by atoms with van der Waals surface area (Å²) in [7, 11) is 0. The molecule has 102 valence electrons. The van der Waals surface area contributed by atoms with Crippen LogP contribution in [0.4, 0.5) is 0 Å². The lowest BCUT2D eigenvalue weighted by Gasteiger charge is -2.19. The van der Waals surface area contributed by atoms with Gasteiger partial charge in [-0.25, -0.2) is 0 Å². The van der Waals surface area contributed by atoms with Crippen molar-refractivity contribution in [3.8, 4) is 0 Å². The molecule has 18 heavy (non-hydrogen) atoms. The molecule has 5 nitrogen and oxygen atoms in total. The highest BCUT2D eigenvalue weighted by atomic mass is 79.9. The monoisotopic (exact) mass is 316 g/mol. The Balaban J connectivity index is 2.43. The molecule has 6 heteroatoms. The van der Waals surface area contributed by atoms with Gasteiger partial charge in [0.1, 0.15) is 0 Å². The first kappa shape index (κ1) is 15.2. The molecular weight excluding hydrogens is 296 g/mol. The predicted molar refractivity (Wildman–Crippen MR) is 75.0 cm³/mol. The van der Waals surface area contributed by atoms with Crippen molar-refractivity contribution in [1.29, 1.82) is 0 Å². The van der Waals surface area contributed by atoms with E-state index < -0.39 is 11.4 Å². The first-order chi connectivity index (χ1) is 8.25. The van der Waals surface area contributed by atoms with Crippen molar-refractivity contribution in [1.82, 2.24) is 9.78 Å². The highest BCUT2D eigenvalue weighted by Gasteiger charge is 2.24. The molecular formula is C12H21BrN4O. The Morgan fingerprint density at radius 3 is 2.50 bits per heavy atom. The van der Waals surface area contributed by atoms with Gasteiger partial charge in [0.25, 0.3) is 0 Å². The quantitative estimate of drug-likeness (QED) is 0.782. The van der Waals surface area contributed by atoms with Gasteiger partial charge in [-0.2, -0.15) is 5.10 Å². The minimum Gasteiger partial charge on any atom is -0.368 e. The summed E-state index contributed by atoms with van der Waals surface area (Å²) in [6, 6.07) is 0. The lowest BCUT2D eigenvalue weighted by molar-refractivity contribution is -0.122. The number of unbranched alkanes of at least 4 members (excludes halogenated alkanes) is 1. The van der Waals surface area contributed by atoms with Gasteiger partial charge >= 0.3 is 0 Å². The van der Waals surface area contributed by atoms with Gasteiger partial charge in [-0.1, -0.05) is 0 Å². The van der Waals surface area contributed by atoms with Crippen LogP contribution < -0.4 is 11.5 Å². The van der Waals surface area contributed by atoms with Crippen molar-refractivity contribution < 1.29 is 4.79 Å². The number of primary amides is 1. The number of amides is 1. The number of hydrogen-bond donors (Lipinski definition) is 2. The summed E-state index contributed by atoms with van der Waals surface area (Å²) in [5, 5.41) is 4.43. The van der Waals surface area contributed by atoms with Gasteiger partial charge in [-0.15, -0.1) is 0 Å². The molecule has 1 unspecified atom stereocenters. The molecule has 0 saturated carbocycles. The summed E-state index contributed by atoms with van der Waals surface area (Å²) in [5.41, 5.74) is 12.2. The number of nitrogens with zero attached hydrogens (tertiary/aromatic N) is 2. The largest absolute Gasteiger partial charge is 0.368 e. The molecule has 1 atom stereocenters. The number of carbonyl (C=O) groups is 1. The van der Waals surface area contributed by atoms with Crippen LogP contribution in [0.3, 0.4) is 0 Å². The second kappa shape index (κ2) is 5.84. The van der Waals surface area contributed by atoms with Crippen molar-refractivity contribution >= 4 is 21.8 Å². The average Bonchev–Trinajstić information content (AvgIpc) is 2.52. The van der Waals surface area contributed by atoms with Gasteiger partial charge in [0.05, 0.1) is 15.7 Å². The third kappa shape index (κ3) is 3.55. The molecule has 1 aromatic rings. The number of rotatable bonds is 6. The second-order valence-corrected chi connectivity index (χ2v) is 5.74. The summed E-state index contributed by atoms with van der Waals surface area (Å²) in [6.07, 6.45) is 2.38. The molecule has 0 aliphatic rings. The third-order valence-electron chi connectivity index (χ3n) is 3.17. The average molecular weight is 317 g/mol. The van der Waals surface area contributed by atoms with Crippen LogP contribution in [0.25, 0.3) is 0 Å². The van der Waals surface area contributed by atoms with Gasteiger partial charge in [0.15, 0.2) is 0 Å². The van der Waals surface area contributed by atoms with E-state index in [0.29, 0.717) is 6.42 Å². The van der Waals surface area contributed by atoms with Crippen molar-refractivity contribution in [3.05, 3.63) is 15.9 Å². The highest BCUT2D eigenvalue weighted by molar-refractivity contribution is 9.10. The molecule has 0 bridgehead atoms. The summed E-state index contributed by atoms with van der Waals surface area (Å²) in [6.45, 7) is 6.50. The Kier molecular flexibility index (Phi) is 4.92. The van der Waals surface area contributed by atoms with E-state index in [2.05, 4.69) is 21.0 Å². The molecule has 0 spiro atoms. The fourth-order valence-electron chi connectivity index (χ4n) is 1.77. The van der Waals surface area contributed by atoms with Crippen molar-refractivity contribution in [3.63, 3.8) is 0 Å². The molecule has 1 rings (SSSR count). The highest BCUT2D eigenvalue weighted by Crippen LogP contribution is 2.20. The number of halogens is 1. The van der Waals surface area contributed by atoms with Crippen LogP contribution >= 0.6 is 15.9 Å². The van der Waals surface area contributed by atoms with Gasteiger partial charge in [-0.3, -0.25) is 9.48 Å². The number of aromatic nitrogens is 2. The minimum absolute atomic E-state index is 0.448. The van der Waals surface area contributed by atoms with Gasteiger partial charge in [-0.05, 0) is 56.0 Å². The normalized spacial score (nSPS) is 14.5. The molecule has 0 aliphatic carbocycles. The minimum atomic E-state index is -0.907. The molecule has 0 radical (unpaired) electrons. The zero-order valence-corrected chi connectivity index (χ0v) is 12.7. The SMILES string of the molecule is Cc1nn(CCCCC(C)(N)C(N)=O)c(C)c1Br. The van der Waals surface area contributed by atoms with Crippen LogP contribution in [0.5, 0.6) is 0 Å². The fourth-order valence-corrected chi connectivity index (χ4v) is 2.05. The summed E-state index contributed by atoms with van der Waals surface area (Å²) >= 11 is 3.50. The summed E-state index contributed by atoms with van der Waals surface area (Å²) in [4.78, 5) is 11.1. The second-order valence-electron chi connectivity index (χ2n) is 4.95. The van der Waals surface area contributed by atoms with Crippen LogP contribution in [0.15, 0.2) is 4.47 Å². The first-order valence-electron chi connectivity index (χ1n) is 6.04. The maximum Gasteiger partial charge on any atom is 0.237 e. The molecule has 0 saturated heterocycles. The Morgan fingerprint density at radius 2 is 2.06 bits per heavy atom. The number of nitrogens with two attached hydrogens (primary N) is 2. The van der Waals surface area contributed by atoms with E-state index in [-0.39, 0.29) is 0 Å². The number of carbonyl (C=O) groups excluding carboxylic acids is 1. The van der Waals surface area contributed by atoms with Crippen molar-refractivity contribution in [2.75, 3.05) is 0 Å². The van der Waals surface area contributed by atoms with E-state index in [9.17, 15) is 4.79 Å². The molecule has 0 aliphatic heterocycles. The van der Waals surface area contributed by atoms with E-state index in [4.69, 9.17) is 11.5 Å². The van der Waals surface area contributed by atoms with Crippen LogP contribution in [-0.4, -0.2) is 21.2 Å². The topological polar surface area (TPSA) is 86.9 Å². The molecule has 0 aromatic carbocycles. The van der Waals surface area contributed by atoms with E-state index in [1.165, 1.54) is 0 Å². The lowest BCUT2D eigenvalue weighted by Crippen LogP contribution is -2.49. The maximum absolute atomic E-state index is 11.1. The first-order valence-corrected chi connectivity index (χ1v) is 6.83. The zero-order valence-electron chi connectivity index (χ0n) is 11.2. The van der Waals surface area contributed by atoms with Gasteiger partial charge in [0, 0.05) is 12.2 Å². The Bertz CT molecular complexity index is 440. The van der Waals surface area contributed by atoms with E-state index >= 15 is 0 Å². The van der Waals surface area contributed by atoms with Crippen LogP contribution in [0.2, 0.25) is 0 Å². The smallest absolute Gasteiger partial charge is 0.237 e. The van der Waals surface area contributed by atoms with E-state index in [1.54, 1.807) is 6.92 Å². The van der Waals surface area contributed by atoms with Crippen LogP contribution in [0.1, 0.15) is 37.6 Å². The number of hydrogen-bond acceptors (Lipinski definition) is 3. The Morgan fingerprint density at radius 1 is 1.44 bits per heavy atom. The molecule has 1 heterocycles. The fraction of sp³-hybridized carbons (Fsp3) is 0.667. The van der Waals surface area contributed by atoms with Gasteiger partial charge in [0.2, 0.25) is 5.91 Å². The van der Waals surface area contributed by atoms with E-state index in [0.717, 1.165) is 35.2 Å². The predicted octanol–water partition coefficient (Wildman–Crippen LogP) is 1.64. The summed E-state index contributed by atoms with van der Waals surface area (Å²) < 4.78 is 3.03. The number of aryl methyl sites for hydroxylation is 2. The Hall–Kier alpha value is -0.880. The molecule has 1 aromatic heterocycles. The Labute approximate surface area is 116 Å². The van der Waals surface area contributed by atoms with Gasteiger partial charge < -0.3 is 11.5 Å². The van der Waals surface area contributed by atoms with Crippen LogP contribution in [-0.2, 0) is 11.3 Å². The molecule has 0 fully saturated rings. The molecule has 4 N–H and O–H groups in total. The lowest BCUT2D eigenvalue weighted by atomic mass is 9.95. The van der Waals surface area contributed by atoms with Crippen LogP contribution in [0, 0.1) is 13.8 Å². The van der Waals surface area contributed by atoms with Crippen molar-refractivity contribution in [2.45, 2.75) is 52.1 Å².